The highest BCUT2D eigenvalue weighted by atomic mass is 32.1. The Kier molecular flexibility index (Phi) is 3.84. The van der Waals surface area contributed by atoms with E-state index >= 15 is 0 Å². The van der Waals surface area contributed by atoms with Gasteiger partial charge in [-0.25, -0.2) is 4.79 Å². The topological polar surface area (TPSA) is 40.5 Å². The molecule has 1 aliphatic heterocycles. The lowest BCUT2D eigenvalue weighted by Gasteiger charge is -2.27. The Labute approximate surface area is 106 Å². The van der Waals surface area contributed by atoms with Gasteiger partial charge in [-0.3, -0.25) is 4.90 Å². The zero-order valence-electron chi connectivity index (χ0n) is 10.3. The summed E-state index contributed by atoms with van der Waals surface area (Å²) in [7, 11) is 0. The molecule has 3 nitrogen and oxygen atoms in total. The second-order valence-electron chi connectivity index (χ2n) is 4.74. The van der Waals surface area contributed by atoms with Crippen LogP contribution in [0.15, 0.2) is 11.4 Å². The highest BCUT2D eigenvalue weighted by molar-refractivity contribution is 7.12. The number of hydrogen-bond acceptors (Lipinski definition) is 3. The van der Waals surface area contributed by atoms with Gasteiger partial charge in [0.05, 0.1) is 0 Å². The Morgan fingerprint density at radius 2 is 2.35 bits per heavy atom. The first-order chi connectivity index (χ1) is 8.13. The van der Waals surface area contributed by atoms with Crippen LogP contribution in [-0.4, -0.2) is 28.1 Å². The molecule has 1 aromatic rings. The fraction of sp³-hybridized carbons (Fsp3) is 0.615. The van der Waals surface area contributed by atoms with Gasteiger partial charge in [-0.15, -0.1) is 11.3 Å². The summed E-state index contributed by atoms with van der Waals surface area (Å²) in [5.74, 6) is -0.796. The van der Waals surface area contributed by atoms with E-state index in [0.29, 0.717) is 17.0 Å². The van der Waals surface area contributed by atoms with Crippen molar-refractivity contribution >= 4 is 17.3 Å². The lowest BCUT2D eigenvalue weighted by Crippen LogP contribution is -2.33. The SMILES string of the molecule is CCC1CCC(C)N1Cc1ccsc1C(=O)O. The second kappa shape index (κ2) is 5.19. The average Bonchev–Trinajstić information content (AvgIpc) is 2.88. The second-order valence-corrected chi connectivity index (χ2v) is 5.66. The van der Waals surface area contributed by atoms with E-state index in [1.54, 1.807) is 0 Å². The van der Waals surface area contributed by atoms with Crippen molar-refractivity contribution in [1.29, 1.82) is 0 Å². The lowest BCUT2D eigenvalue weighted by molar-refractivity contribution is 0.0699. The molecule has 1 aromatic heterocycles. The minimum atomic E-state index is -0.796. The third-order valence-corrected chi connectivity index (χ3v) is 4.66. The summed E-state index contributed by atoms with van der Waals surface area (Å²) in [5.41, 5.74) is 0.967. The van der Waals surface area contributed by atoms with Gasteiger partial charge < -0.3 is 5.11 Å². The van der Waals surface area contributed by atoms with Gasteiger partial charge in [0, 0.05) is 18.6 Å². The Morgan fingerprint density at radius 1 is 1.59 bits per heavy atom. The van der Waals surface area contributed by atoms with Crippen molar-refractivity contribution in [2.45, 2.75) is 51.7 Å². The van der Waals surface area contributed by atoms with Gasteiger partial charge in [0.15, 0.2) is 0 Å². The third kappa shape index (κ3) is 2.53. The molecule has 0 aromatic carbocycles. The van der Waals surface area contributed by atoms with Gasteiger partial charge in [-0.1, -0.05) is 6.92 Å². The van der Waals surface area contributed by atoms with Crippen molar-refractivity contribution in [2.75, 3.05) is 0 Å². The van der Waals surface area contributed by atoms with Gasteiger partial charge in [0.1, 0.15) is 4.88 Å². The molecule has 0 aliphatic carbocycles. The molecule has 17 heavy (non-hydrogen) atoms. The quantitative estimate of drug-likeness (QED) is 0.895. The molecule has 0 radical (unpaired) electrons. The van der Waals surface area contributed by atoms with E-state index in [1.165, 1.54) is 24.2 Å². The summed E-state index contributed by atoms with van der Waals surface area (Å²) >= 11 is 1.32. The number of carbonyl (C=O) groups is 1. The summed E-state index contributed by atoms with van der Waals surface area (Å²) < 4.78 is 0. The maximum Gasteiger partial charge on any atom is 0.346 e. The van der Waals surface area contributed by atoms with E-state index in [4.69, 9.17) is 5.11 Å². The van der Waals surface area contributed by atoms with Gasteiger partial charge in [0.25, 0.3) is 0 Å². The smallest absolute Gasteiger partial charge is 0.346 e. The number of carboxylic acid groups (broad SMARTS) is 1. The van der Waals surface area contributed by atoms with Crippen LogP contribution in [0.25, 0.3) is 0 Å². The van der Waals surface area contributed by atoms with Crippen LogP contribution in [0.1, 0.15) is 48.3 Å². The number of thiophene rings is 1. The molecular formula is C13H19NO2S. The summed E-state index contributed by atoms with van der Waals surface area (Å²) in [6.07, 6.45) is 3.62. The molecule has 2 heterocycles. The number of nitrogens with zero attached hydrogens (tertiary/aromatic N) is 1. The molecule has 94 valence electrons. The van der Waals surface area contributed by atoms with E-state index in [-0.39, 0.29) is 0 Å². The maximum absolute atomic E-state index is 11.1. The predicted octanol–water partition coefficient (Wildman–Crippen LogP) is 3.21. The highest BCUT2D eigenvalue weighted by Gasteiger charge is 2.30. The fourth-order valence-corrected chi connectivity index (χ4v) is 3.45. The lowest BCUT2D eigenvalue weighted by atomic mass is 10.1. The van der Waals surface area contributed by atoms with Crippen LogP contribution in [-0.2, 0) is 6.54 Å². The Balaban J connectivity index is 2.14. The molecule has 1 fully saturated rings. The number of carboxylic acids is 1. The molecule has 0 spiro atoms. The summed E-state index contributed by atoms with van der Waals surface area (Å²) in [4.78, 5) is 14.0. The van der Waals surface area contributed by atoms with Crippen LogP contribution in [0.4, 0.5) is 0 Å². The molecule has 1 saturated heterocycles. The normalized spacial score (nSPS) is 25.3. The van der Waals surface area contributed by atoms with Crippen LogP contribution in [0.2, 0.25) is 0 Å². The largest absolute Gasteiger partial charge is 0.477 e. The minimum absolute atomic E-state index is 0.499. The van der Waals surface area contributed by atoms with Crippen LogP contribution < -0.4 is 0 Å². The summed E-state index contributed by atoms with van der Waals surface area (Å²) in [6.45, 7) is 5.23. The summed E-state index contributed by atoms with van der Waals surface area (Å²) in [5, 5.41) is 11.0. The van der Waals surface area contributed by atoms with Gasteiger partial charge >= 0.3 is 5.97 Å². The first kappa shape index (κ1) is 12.6. The fourth-order valence-electron chi connectivity index (χ4n) is 2.69. The van der Waals surface area contributed by atoms with E-state index < -0.39 is 5.97 Å². The first-order valence-electron chi connectivity index (χ1n) is 6.18. The zero-order chi connectivity index (χ0) is 12.4. The van der Waals surface area contributed by atoms with Gasteiger partial charge in [0.2, 0.25) is 0 Å². The zero-order valence-corrected chi connectivity index (χ0v) is 11.2. The van der Waals surface area contributed by atoms with Crippen LogP contribution in [0, 0.1) is 0 Å². The molecule has 2 atom stereocenters. The van der Waals surface area contributed by atoms with Crippen molar-refractivity contribution in [1.82, 2.24) is 4.90 Å². The van der Waals surface area contributed by atoms with Crippen molar-refractivity contribution in [3.05, 3.63) is 21.9 Å². The molecule has 2 unspecified atom stereocenters. The monoisotopic (exact) mass is 253 g/mol. The van der Waals surface area contributed by atoms with Crippen molar-refractivity contribution < 1.29 is 9.90 Å². The van der Waals surface area contributed by atoms with Crippen LogP contribution >= 0.6 is 11.3 Å². The molecule has 0 amide bonds. The number of likely N-dealkylation sites (tertiary alicyclic amines) is 1. The Morgan fingerprint density at radius 3 is 3.00 bits per heavy atom. The molecule has 2 rings (SSSR count). The molecule has 1 N–H and O–H groups in total. The maximum atomic E-state index is 11.1. The number of hydrogen-bond donors (Lipinski definition) is 1. The molecule has 4 heteroatoms. The summed E-state index contributed by atoms with van der Waals surface area (Å²) in [6, 6.07) is 3.14. The van der Waals surface area contributed by atoms with E-state index in [0.717, 1.165) is 18.5 Å². The van der Waals surface area contributed by atoms with Gasteiger partial charge in [-0.05, 0) is 43.2 Å². The predicted molar refractivity (Wildman–Crippen MR) is 69.6 cm³/mol. The van der Waals surface area contributed by atoms with E-state index in [1.807, 2.05) is 11.4 Å². The Bertz CT molecular complexity index is 402. The van der Waals surface area contributed by atoms with Crippen LogP contribution in [0.5, 0.6) is 0 Å². The molecule has 1 aliphatic rings. The first-order valence-corrected chi connectivity index (χ1v) is 7.06. The Hall–Kier alpha value is -0.870. The number of rotatable bonds is 4. The van der Waals surface area contributed by atoms with Crippen molar-refractivity contribution in [2.24, 2.45) is 0 Å². The van der Waals surface area contributed by atoms with Crippen molar-refractivity contribution in [3.63, 3.8) is 0 Å². The molecule has 0 bridgehead atoms. The van der Waals surface area contributed by atoms with Crippen LogP contribution in [0.3, 0.4) is 0 Å². The van der Waals surface area contributed by atoms with E-state index in [9.17, 15) is 4.79 Å². The third-order valence-electron chi connectivity index (χ3n) is 3.72. The average molecular weight is 253 g/mol. The van der Waals surface area contributed by atoms with Gasteiger partial charge in [-0.2, -0.15) is 0 Å². The highest BCUT2D eigenvalue weighted by Crippen LogP contribution is 2.29. The standard InChI is InChI=1S/C13H19NO2S/c1-3-11-5-4-9(2)14(11)8-10-6-7-17-12(10)13(15)16/h6-7,9,11H,3-5,8H2,1-2H3,(H,15,16). The van der Waals surface area contributed by atoms with Crippen molar-refractivity contribution in [3.8, 4) is 0 Å². The molecular weight excluding hydrogens is 234 g/mol. The van der Waals surface area contributed by atoms with E-state index in [2.05, 4.69) is 18.7 Å². The number of aromatic carboxylic acids is 1. The minimum Gasteiger partial charge on any atom is -0.477 e. The molecule has 0 saturated carbocycles.